The molecular formula is C18H19NO4. The summed E-state index contributed by atoms with van der Waals surface area (Å²) in [4.78, 5) is 14.2. The van der Waals surface area contributed by atoms with Crippen molar-refractivity contribution >= 4 is 11.7 Å². The Bertz CT molecular complexity index is 694. The lowest BCUT2D eigenvalue weighted by atomic mass is 9.99. The summed E-state index contributed by atoms with van der Waals surface area (Å²) in [5, 5.41) is 10.5. The Kier molecular flexibility index (Phi) is 4.48. The lowest BCUT2D eigenvalue weighted by Crippen LogP contribution is -2.36. The first kappa shape index (κ1) is 15.4. The van der Waals surface area contributed by atoms with Gasteiger partial charge < -0.3 is 19.5 Å². The number of hydrogen-bond acceptors (Lipinski definition) is 5. The van der Waals surface area contributed by atoms with Gasteiger partial charge in [0, 0.05) is 24.3 Å². The van der Waals surface area contributed by atoms with Crippen molar-refractivity contribution in [2.75, 3.05) is 38.3 Å². The molecule has 0 saturated carbocycles. The molecular weight excluding hydrogens is 294 g/mol. The van der Waals surface area contributed by atoms with Crippen molar-refractivity contribution in [1.82, 2.24) is 0 Å². The van der Waals surface area contributed by atoms with Gasteiger partial charge in [0.1, 0.15) is 11.3 Å². The van der Waals surface area contributed by atoms with Gasteiger partial charge in [-0.3, -0.25) is 0 Å². The zero-order chi connectivity index (χ0) is 16.2. The molecule has 1 fully saturated rings. The Balaban J connectivity index is 2.12. The predicted molar refractivity (Wildman–Crippen MR) is 87.9 cm³/mol. The van der Waals surface area contributed by atoms with Crippen LogP contribution in [0.1, 0.15) is 10.4 Å². The quantitative estimate of drug-likeness (QED) is 0.883. The van der Waals surface area contributed by atoms with Gasteiger partial charge in [-0.25, -0.2) is 4.79 Å². The first-order valence-corrected chi connectivity index (χ1v) is 7.54. The molecule has 0 aromatic heterocycles. The number of benzene rings is 2. The number of anilines is 1. The van der Waals surface area contributed by atoms with Crippen molar-refractivity contribution in [1.29, 1.82) is 0 Å². The smallest absolute Gasteiger partial charge is 0.341 e. The van der Waals surface area contributed by atoms with Gasteiger partial charge in [-0.2, -0.15) is 0 Å². The molecule has 2 aromatic rings. The van der Waals surface area contributed by atoms with Crippen LogP contribution in [0.15, 0.2) is 42.5 Å². The lowest BCUT2D eigenvalue weighted by Gasteiger charge is -2.29. The minimum atomic E-state index is -0.546. The molecule has 0 atom stereocenters. The Morgan fingerprint density at radius 1 is 1.17 bits per heavy atom. The van der Waals surface area contributed by atoms with Crippen molar-refractivity contribution in [2.24, 2.45) is 0 Å². The molecule has 2 aromatic carbocycles. The van der Waals surface area contributed by atoms with Gasteiger partial charge in [-0.15, -0.1) is 0 Å². The molecule has 0 unspecified atom stereocenters. The van der Waals surface area contributed by atoms with Crippen LogP contribution in [0.3, 0.4) is 0 Å². The Morgan fingerprint density at radius 2 is 1.87 bits per heavy atom. The van der Waals surface area contributed by atoms with E-state index in [1.165, 1.54) is 7.11 Å². The number of nitrogens with zero attached hydrogens (tertiary/aromatic N) is 1. The fourth-order valence-corrected chi connectivity index (χ4v) is 2.73. The number of ether oxygens (including phenoxy) is 2. The van der Waals surface area contributed by atoms with E-state index < -0.39 is 5.97 Å². The number of rotatable bonds is 3. The van der Waals surface area contributed by atoms with E-state index in [2.05, 4.69) is 4.90 Å². The molecule has 1 aliphatic rings. The fraction of sp³-hybridized carbons (Fsp3) is 0.278. The van der Waals surface area contributed by atoms with Crippen LogP contribution >= 0.6 is 0 Å². The standard InChI is InChI=1S/C18H19NO4/c1-22-18(21)16-12-14(19-7-9-23-10-8-19)11-15(17(16)20)13-5-3-2-4-6-13/h2-6,11-12,20H,7-10H2,1H3. The van der Waals surface area contributed by atoms with Gasteiger partial charge in [0.05, 0.1) is 20.3 Å². The number of methoxy groups -OCH3 is 1. The first-order chi connectivity index (χ1) is 11.2. The van der Waals surface area contributed by atoms with Gasteiger partial charge in [-0.1, -0.05) is 30.3 Å². The number of hydrogen-bond donors (Lipinski definition) is 1. The van der Waals surface area contributed by atoms with Crippen molar-refractivity contribution in [3.63, 3.8) is 0 Å². The molecule has 1 saturated heterocycles. The lowest BCUT2D eigenvalue weighted by molar-refractivity contribution is 0.0597. The number of carbonyl (C=O) groups excluding carboxylic acids is 1. The summed E-state index contributed by atoms with van der Waals surface area (Å²) in [7, 11) is 1.31. The SMILES string of the molecule is COC(=O)c1cc(N2CCOCC2)cc(-c2ccccc2)c1O. The van der Waals surface area contributed by atoms with Crippen LogP contribution in [0.5, 0.6) is 5.75 Å². The maximum atomic E-state index is 12.0. The molecule has 0 spiro atoms. The summed E-state index contributed by atoms with van der Waals surface area (Å²) in [6.07, 6.45) is 0. The molecule has 120 valence electrons. The van der Waals surface area contributed by atoms with E-state index in [1.807, 2.05) is 36.4 Å². The zero-order valence-corrected chi connectivity index (χ0v) is 13.0. The Hall–Kier alpha value is -2.53. The van der Waals surface area contributed by atoms with E-state index in [1.54, 1.807) is 6.07 Å². The van der Waals surface area contributed by atoms with E-state index in [-0.39, 0.29) is 11.3 Å². The number of esters is 1. The average Bonchev–Trinajstić information content (AvgIpc) is 2.62. The van der Waals surface area contributed by atoms with Crippen molar-refractivity contribution < 1.29 is 19.4 Å². The Labute approximate surface area is 135 Å². The van der Waals surface area contributed by atoms with Gasteiger partial charge in [0.2, 0.25) is 0 Å². The van der Waals surface area contributed by atoms with Crippen LogP contribution < -0.4 is 4.90 Å². The van der Waals surface area contributed by atoms with Gasteiger partial charge in [0.25, 0.3) is 0 Å². The molecule has 23 heavy (non-hydrogen) atoms. The molecule has 0 bridgehead atoms. The molecule has 0 aliphatic carbocycles. The highest BCUT2D eigenvalue weighted by molar-refractivity contribution is 5.97. The van der Waals surface area contributed by atoms with E-state index >= 15 is 0 Å². The molecule has 1 heterocycles. The van der Waals surface area contributed by atoms with Crippen LogP contribution in [0.25, 0.3) is 11.1 Å². The van der Waals surface area contributed by atoms with Crippen molar-refractivity contribution in [2.45, 2.75) is 0 Å². The van der Waals surface area contributed by atoms with E-state index in [4.69, 9.17) is 9.47 Å². The Morgan fingerprint density at radius 3 is 2.52 bits per heavy atom. The zero-order valence-electron chi connectivity index (χ0n) is 13.0. The third-order valence-electron chi connectivity index (χ3n) is 3.96. The molecule has 1 aliphatic heterocycles. The second kappa shape index (κ2) is 6.71. The number of aromatic hydroxyl groups is 1. The van der Waals surface area contributed by atoms with Crippen molar-refractivity contribution in [3.05, 3.63) is 48.0 Å². The maximum Gasteiger partial charge on any atom is 0.341 e. The van der Waals surface area contributed by atoms with Gasteiger partial charge >= 0.3 is 5.97 Å². The summed E-state index contributed by atoms with van der Waals surface area (Å²) in [6, 6.07) is 13.1. The number of carbonyl (C=O) groups is 1. The van der Waals surface area contributed by atoms with Crippen molar-refractivity contribution in [3.8, 4) is 16.9 Å². The van der Waals surface area contributed by atoms with Gasteiger partial charge in [0.15, 0.2) is 0 Å². The van der Waals surface area contributed by atoms with Gasteiger partial charge in [-0.05, 0) is 17.7 Å². The number of phenols is 1. The number of phenolic OH excluding ortho intramolecular Hbond substituents is 1. The summed E-state index contributed by atoms with van der Waals surface area (Å²) in [6.45, 7) is 2.80. The molecule has 0 amide bonds. The second-order valence-corrected chi connectivity index (χ2v) is 5.35. The molecule has 1 N–H and O–H groups in total. The minimum Gasteiger partial charge on any atom is -0.506 e. The molecule has 3 rings (SSSR count). The molecule has 0 radical (unpaired) electrons. The topological polar surface area (TPSA) is 59.0 Å². The minimum absolute atomic E-state index is 0.0555. The summed E-state index contributed by atoms with van der Waals surface area (Å²) < 4.78 is 10.2. The van der Waals surface area contributed by atoms with E-state index in [9.17, 15) is 9.90 Å². The monoisotopic (exact) mass is 313 g/mol. The highest BCUT2D eigenvalue weighted by Crippen LogP contribution is 2.37. The third kappa shape index (κ3) is 3.14. The van der Waals surface area contributed by atoms with E-state index in [0.29, 0.717) is 18.8 Å². The van der Waals surface area contributed by atoms with E-state index in [0.717, 1.165) is 24.3 Å². The number of morpholine rings is 1. The van der Waals surface area contributed by atoms with Crippen LogP contribution in [0.2, 0.25) is 0 Å². The van der Waals surface area contributed by atoms with Crippen LogP contribution in [-0.2, 0) is 9.47 Å². The van der Waals surface area contributed by atoms with Crippen LogP contribution in [-0.4, -0.2) is 44.5 Å². The first-order valence-electron chi connectivity index (χ1n) is 7.54. The second-order valence-electron chi connectivity index (χ2n) is 5.35. The largest absolute Gasteiger partial charge is 0.506 e. The average molecular weight is 313 g/mol. The highest BCUT2D eigenvalue weighted by Gasteiger charge is 2.21. The predicted octanol–water partition coefficient (Wildman–Crippen LogP) is 2.68. The van der Waals surface area contributed by atoms with Crippen LogP contribution in [0.4, 0.5) is 5.69 Å². The maximum absolute atomic E-state index is 12.0. The molecule has 5 nitrogen and oxygen atoms in total. The normalized spacial score (nSPS) is 14.6. The molecule has 5 heteroatoms. The highest BCUT2D eigenvalue weighted by atomic mass is 16.5. The third-order valence-corrected chi connectivity index (χ3v) is 3.96. The summed E-state index contributed by atoms with van der Waals surface area (Å²) >= 11 is 0. The summed E-state index contributed by atoms with van der Waals surface area (Å²) in [5.41, 5.74) is 2.53. The fourth-order valence-electron chi connectivity index (χ4n) is 2.73. The van der Waals surface area contributed by atoms with Crippen LogP contribution in [0, 0.1) is 0 Å². The summed E-state index contributed by atoms with van der Waals surface area (Å²) in [5.74, 6) is -0.602.